The third kappa shape index (κ3) is 2.33. The monoisotopic (exact) mass is 238 g/mol. The van der Waals surface area contributed by atoms with Gasteiger partial charge in [0, 0.05) is 11.6 Å². The van der Waals surface area contributed by atoms with Gasteiger partial charge in [0.05, 0.1) is 16.6 Å². The molecule has 1 aromatic heterocycles. The zero-order chi connectivity index (χ0) is 13.2. The summed E-state index contributed by atoms with van der Waals surface area (Å²) < 4.78 is 0. The van der Waals surface area contributed by atoms with Crippen molar-refractivity contribution in [1.29, 1.82) is 0 Å². The molecular formula is C15H14N2O. The van der Waals surface area contributed by atoms with Crippen LogP contribution in [0, 0.1) is 12.3 Å². The van der Waals surface area contributed by atoms with E-state index in [1.165, 1.54) is 0 Å². The third-order valence-corrected chi connectivity index (χ3v) is 2.68. The maximum atomic E-state index is 12.2. The van der Waals surface area contributed by atoms with E-state index >= 15 is 0 Å². The van der Waals surface area contributed by atoms with Gasteiger partial charge < -0.3 is 5.32 Å². The van der Waals surface area contributed by atoms with Crippen LogP contribution in [-0.4, -0.2) is 16.4 Å². The highest BCUT2D eigenvalue weighted by atomic mass is 16.1. The van der Waals surface area contributed by atoms with E-state index in [9.17, 15) is 4.79 Å². The molecule has 1 N–H and O–H groups in total. The van der Waals surface area contributed by atoms with Gasteiger partial charge >= 0.3 is 0 Å². The molecule has 0 fully saturated rings. The van der Waals surface area contributed by atoms with Crippen molar-refractivity contribution in [3.63, 3.8) is 0 Å². The predicted molar refractivity (Wildman–Crippen MR) is 72.1 cm³/mol. The molecule has 0 saturated heterocycles. The molecule has 0 unspecified atom stereocenters. The number of aromatic nitrogens is 1. The van der Waals surface area contributed by atoms with Crippen molar-refractivity contribution in [3.8, 4) is 12.3 Å². The van der Waals surface area contributed by atoms with E-state index in [1.807, 2.05) is 24.3 Å². The second-order valence-corrected chi connectivity index (χ2v) is 4.60. The summed E-state index contributed by atoms with van der Waals surface area (Å²) in [5.74, 6) is 2.36. The van der Waals surface area contributed by atoms with Crippen molar-refractivity contribution in [2.24, 2.45) is 0 Å². The first-order valence-corrected chi connectivity index (χ1v) is 5.67. The molecule has 0 radical (unpaired) electrons. The number of para-hydroxylation sites is 1. The number of rotatable bonds is 2. The summed E-state index contributed by atoms with van der Waals surface area (Å²) in [6.07, 6.45) is 6.99. The van der Waals surface area contributed by atoms with Crippen molar-refractivity contribution in [3.05, 3.63) is 42.1 Å². The van der Waals surface area contributed by atoms with Gasteiger partial charge in [0.1, 0.15) is 0 Å². The van der Waals surface area contributed by atoms with Gasteiger partial charge in [0.25, 0.3) is 5.91 Å². The van der Waals surface area contributed by atoms with Crippen LogP contribution in [0.4, 0.5) is 0 Å². The molecule has 0 atom stereocenters. The van der Waals surface area contributed by atoms with E-state index in [4.69, 9.17) is 6.42 Å². The molecule has 0 bridgehead atoms. The molecule has 0 spiro atoms. The summed E-state index contributed by atoms with van der Waals surface area (Å²) in [4.78, 5) is 16.4. The number of hydrogen-bond acceptors (Lipinski definition) is 2. The standard InChI is InChI=1S/C15H14N2O/c1-4-15(2,3)17-14(18)12-9-10-16-13-8-6-5-7-11(12)13/h1,5-10H,2-3H3,(H,17,18). The fourth-order valence-electron chi connectivity index (χ4n) is 1.68. The molecule has 2 rings (SSSR count). The molecule has 3 heteroatoms. The lowest BCUT2D eigenvalue weighted by Crippen LogP contribution is -2.42. The summed E-state index contributed by atoms with van der Waals surface area (Å²) in [5, 5.41) is 3.64. The van der Waals surface area contributed by atoms with Crippen molar-refractivity contribution in [2.45, 2.75) is 19.4 Å². The molecule has 0 aliphatic carbocycles. The largest absolute Gasteiger partial charge is 0.336 e. The molecule has 2 aromatic rings. The summed E-state index contributed by atoms with van der Waals surface area (Å²) in [6.45, 7) is 3.57. The lowest BCUT2D eigenvalue weighted by molar-refractivity contribution is 0.0931. The molecule has 0 aliphatic rings. The van der Waals surface area contributed by atoms with Gasteiger partial charge in [0.15, 0.2) is 0 Å². The topological polar surface area (TPSA) is 42.0 Å². The Morgan fingerprint density at radius 1 is 1.33 bits per heavy atom. The van der Waals surface area contributed by atoms with E-state index in [0.717, 1.165) is 10.9 Å². The maximum absolute atomic E-state index is 12.2. The summed E-state index contributed by atoms with van der Waals surface area (Å²) in [6, 6.07) is 9.22. The minimum Gasteiger partial charge on any atom is -0.336 e. The van der Waals surface area contributed by atoms with Crippen LogP contribution in [0.25, 0.3) is 10.9 Å². The highest BCUT2D eigenvalue weighted by molar-refractivity contribution is 6.06. The minimum absolute atomic E-state index is 0.184. The molecule has 1 heterocycles. The third-order valence-electron chi connectivity index (χ3n) is 2.68. The average Bonchev–Trinajstić information content (AvgIpc) is 2.37. The molecule has 0 aliphatic heterocycles. The number of hydrogen-bond donors (Lipinski definition) is 1. The Balaban J connectivity index is 2.43. The van der Waals surface area contributed by atoms with Crippen LogP contribution in [0.15, 0.2) is 36.5 Å². The zero-order valence-corrected chi connectivity index (χ0v) is 10.4. The highest BCUT2D eigenvalue weighted by Gasteiger charge is 2.19. The molecule has 0 saturated carbocycles. The van der Waals surface area contributed by atoms with E-state index in [0.29, 0.717) is 5.56 Å². The Bertz CT molecular complexity index is 633. The second kappa shape index (κ2) is 4.50. The average molecular weight is 238 g/mol. The van der Waals surface area contributed by atoms with E-state index < -0.39 is 5.54 Å². The van der Waals surface area contributed by atoms with Crippen molar-refractivity contribution in [2.75, 3.05) is 0 Å². The predicted octanol–water partition coefficient (Wildman–Crippen LogP) is 2.38. The van der Waals surface area contributed by atoms with Crippen LogP contribution >= 0.6 is 0 Å². The van der Waals surface area contributed by atoms with Gasteiger partial charge in [-0.25, -0.2) is 0 Å². The van der Waals surface area contributed by atoms with E-state index in [1.54, 1.807) is 26.1 Å². The first-order valence-electron chi connectivity index (χ1n) is 5.67. The smallest absolute Gasteiger partial charge is 0.253 e. The van der Waals surface area contributed by atoms with Crippen LogP contribution in [0.5, 0.6) is 0 Å². The Labute approximate surface area is 106 Å². The quantitative estimate of drug-likeness (QED) is 0.816. The van der Waals surface area contributed by atoms with Gasteiger partial charge in [-0.3, -0.25) is 9.78 Å². The van der Waals surface area contributed by atoms with Crippen LogP contribution in [-0.2, 0) is 0 Å². The van der Waals surface area contributed by atoms with Gasteiger partial charge in [-0.1, -0.05) is 24.1 Å². The van der Waals surface area contributed by atoms with Crippen LogP contribution in [0.1, 0.15) is 24.2 Å². The molecule has 1 amide bonds. The number of carbonyl (C=O) groups is 1. The van der Waals surface area contributed by atoms with Gasteiger partial charge in [-0.2, -0.15) is 0 Å². The Morgan fingerprint density at radius 3 is 2.78 bits per heavy atom. The fraction of sp³-hybridized carbons (Fsp3) is 0.200. The van der Waals surface area contributed by atoms with E-state index in [-0.39, 0.29) is 5.91 Å². The lowest BCUT2D eigenvalue weighted by atomic mass is 10.0. The number of nitrogens with zero attached hydrogens (tertiary/aromatic N) is 1. The highest BCUT2D eigenvalue weighted by Crippen LogP contribution is 2.16. The number of amides is 1. The Hall–Kier alpha value is -2.34. The Morgan fingerprint density at radius 2 is 2.06 bits per heavy atom. The lowest BCUT2D eigenvalue weighted by Gasteiger charge is -2.20. The van der Waals surface area contributed by atoms with Gasteiger partial charge in [-0.05, 0) is 26.0 Å². The van der Waals surface area contributed by atoms with Crippen LogP contribution in [0.3, 0.4) is 0 Å². The Kier molecular flexibility index (Phi) is 3.03. The maximum Gasteiger partial charge on any atom is 0.253 e. The van der Waals surface area contributed by atoms with Crippen molar-refractivity contribution in [1.82, 2.24) is 10.3 Å². The summed E-state index contributed by atoms with van der Waals surface area (Å²) in [5.41, 5.74) is 0.717. The molecular weight excluding hydrogens is 224 g/mol. The summed E-state index contributed by atoms with van der Waals surface area (Å²) in [7, 11) is 0. The molecule has 90 valence electrons. The van der Waals surface area contributed by atoms with Crippen LogP contribution < -0.4 is 5.32 Å². The number of terminal acetylenes is 1. The zero-order valence-electron chi connectivity index (χ0n) is 10.4. The SMILES string of the molecule is C#CC(C)(C)NC(=O)c1ccnc2ccccc12. The van der Waals surface area contributed by atoms with Crippen molar-refractivity contribution >= 4 is 16.8 Å². The normalized spacial score (nSPS) is 10.9. The number of benzene rings is 1. The summed E-state index contributed by atoms with van der Waals surface area (Å²) >= 11 is 0. The van der Waals surface area contributed by atoms with Crippen LogP contribution in [0.2, 0.25) is 0 Å². The van der Waals surface area contributed by atoms with E-state index in [2.05, 4.69) is 16.2 Å². The number of nitrogens with one attached hydrogen (secondary N) is 1. The minimum atomic E-state index is -0.665. The fourth-order valence-corrected chi connectivity index (χ4v) is 1.68. The van der Waals surface area contributed by atoms with Crippen molar-refractivity contribution < 1.29 is 4.79 Å². The van der Waals surface area contributed by atoms with Gasteiger partial charge in [0.2, 0.25) is 0 Å². The van der Waals surface area contributed by atoms with Gasteiger partial charge in [-0.15, -0.1) is 6.42 Å². The number of pyridine rings is 1. The number of carbonyl (C=O) groups excluding carboxylic acids is 1. The molecule has 1 aromatic carbocycles. The second-order valence-electron chi connectivity index (χ2n) is 4.60. The molecule has 18 heavy (non-hydrogen) atoms. The first kappa shape index (κ1) is 12.1. The number of fused-ring (bicyclic) bond motifs is 1. The molecule has 3 nitrogen and oxygen atoms in total. The first-order chi connectivity index (χ1) is 8.53.